The van der Waals surface area contributed by atoms with Gasteiger partial charge in [0.15, 0.2) is 0 Å². The van der Waals surface area contributed by atoms with Crippen LogP contribution >= 0.6 is 11.6 Å². The maximum Gasteiger partial charge on any atom is 0.0827 e. The van der Waals surface area contributed by atoms with E-state index in [1.807, 2.05) is 18.2 Å². The molecule has 0 amide bonds. The van der Waals surface area contributed by atoms with Crippen molar-refractivity contribution in [3.8, 4) is 0 Å². The van der Waals surface area contributed by atoms with Crippen molar-refractivity contribution in [1.29, 1.82) is 0 Å². The third-order valence-corrected chi connectivity index (χ3v) is 4.83. The molecule has 3 unspecified atom stereocenters. The van der Waals surface area contributed by atoms with Gasteiger partial charge in [0.05, 0.1) is 12.7 Å². The Kier molecular flexibility index (Phi) is 4.61. The van der Waals surface area contributed by atoms with E-state index in [0.717, 1.165) is 30.3 Å². The predicted octanol–water partition coefficient (Wildman–Crippen LogP) is 2.85. The third kappa shape index (κ3) is 3.17. The molecule has 3 nitrogen and oxygen atoms in total. The van der Waals surface area contributed by atoms with Crippen molar-refractivity contribution in [1.82, 2.24) is 10.2 Å². The van der Waals surface area contributed by atoms with Crippen molar-refractivity contribution < 1.29 is 4.74 Å². The Morgan fingerprint density at radius 3 is 3.15 bits per heavy atom. The fraction of sp³-hybridized carbons (Fsp3) is 0.625. The van der Waals surface area contributed by atoms with Crippen LogP contribution in [0.5, 0.6) is 0 Å². The van der Waals surface area contributed by atoms with E-state index in [4.69, 9.17) is 16.3 Å². The van der Waals surface area contributed by atoms with Gasteiger partial charge in [-0.25, -0.2) is 0 Å². The molecule has 0 saturated carbocycles. The summed E-state index contributed by atoms with van der Waals surface area (Å²) in [5.41, 5.74) is 1.16. The smallest absolute Gasteiger partial charge is 0.0827 e. The summed E-state index contributed by atoms with van der Waals surface area (Å²) >= 11 is 6.23. The number of nitrogens with one attached hydrogen (secondary N) is 1. The molecular formula is C16H23ClN2O. The highest BCUT2D eigenvalue weighted by Crippen LogP contribution is 2.24. The second kappa shape index (κ2) is 6.44. The fourth-order valence-electron chi connectivity index (χ4n) is 3.25. The van der Waals surface area contributed by atoms with E-state index in [0.29, 0.717) is 12.1 Å². The molecule has 2 aliphatic heterocycles. The minimum atomic E-state index is 0.253. The molecule has 3 rings (SSSR count). The van der Waals surface area contributed by atoms with Gasteiger partial charge < -0.3 is 10.1 Å². The first kappa shape index (κ1) is 14.3. The number of rotatable bonds is 4. The number of morpholine rings is 1. The van der Waals surface area contributed by atoms with Gasteiger partial charge in [0.2, 0.25) is 0 Å². The number of hydrogen-bond donors (Lipinski definition) is 1. The van der Waals surface area contributed by atoms with Gasteiger partial charge in [0, 0.05) is 30.2 Å². The minimum Gasteiger partial charge on any atom is -0.374 e. The van der Waals surface area contributed by atoms with Crippen LogP contribution in [0.2, 0.25) is 5.02 Å². The van der Waals surface area contributed by atoms with E-state index in [1.54, 1.807) is 0 Å². The Balaban J connectivity index is 1.51. The SMILES string of the molecule is CC(NCC1CN2CCCC2CO1)c1ccccc1Cl. The molecule has 0 radical (unpaired) electrons. The molecule has 1 aromatic carbocycles. The van der Waals surface area contributed by atoms with Crippen LogP contribution in [0.15, 0.2) is 24.3 Å². The lowest BCUT2D eigenvalue weighted by atomic mass is 10.1. The number of benzene rings is 1. The molecule has 2 saturated heterocycles. The molecule has 1 N–H and O–H groups in total. The molecule has 2 fully saturated rings. The lowest BCUT2D eigenvalue weighted by Gasteiger charge is -2.35. The fourth-order valence-corrected chi connectivity index (χ4v) is 3.55. The van der Waals surface area contributed by atoms with E-state index in [-0.39, 0.29) is 6.04 Å². The molecule has 2 heterocycles. The van der Waals surface area contributed by atoms with E-state index >= 15 is 0 Å². The zero-order valence-corrected chi connectivity index (χ0v) is 12.8. The van der Waals surface area contributed by atoms with Crippen molar-refractivity contribution in [2.75, 3.05) is 26.2 Å². The van der Waals surface area contributed by atoms with E-state index < -0.39 is 0 Å². The number of ether oxygens (including phenoxy) is 1. The Morgan fingerprint density at radius 2 is 2.30 bits per heavy atom. The highest BCUT2D eigenvalue weighted by molar-refractivity contribution is 6.31. The average Bonchev–Trinajstić information content (AvgIpc) is 2.92. The average molecular weight is 295 g/mol. The van der Waals surface area contributed by atoms with Crippen molar-refractivity contribution >= 4 is 11.6 Å². The predicted molar refractivity (Wildman–Crippen MR) is 82.2 cm³/mol. The van der Waals surface area contributed by atoms with Gasteiger partial charge >= 0.3 is 0 Å². The van der Waals surface area contributed by atoms with Crippen LogP contribution in [0.25, 0.3) is 0 Å². The Labute approximate surface area is 126 Å². The molecule has 0 aliphatic carbocycles. The van der Waals surface area contributed by atoms with Crippen LogP contribution in [0.4, 0.5) is 0 Å². The summed E-state index contributed by atoms with van der Waals surface area (Å²) in [6.45, 7) is 6.24. The standard InChI is InChI=1S/C16H23ClN2O/c1-12(15-6-2-3-7-16(15)17)18-9-14-10-19-8-4-5-13(19)11-20-14/h2-3,6-7,12-14,18H,4-5,8-11H2,1H3. The lowest BCUT2D eigenvalue weighted by Crippen LogP contribution is -2.49. The number of hydrogen-bond acceptors (Lipinski definition) is 3. The maximum absolute atomic E-state index is 6.23. The molecule has 3 atom stereocenters. The van der Waals surface area contributed by atoms with Crippen LogP contribution in [-0.4, -0.2) is 43.3 Å². The van der Waals surface area contributed by atoms with Crippen LogP contribution in [-0.2, 0) is 4.74 Å². The quantitative estimate of drug-likeness (QED) is 0.924. The monoisotopic (exact) mass is 294 g/mol. The highest BCUT2D eigenvalue weighted by Gasteiger charge is 2.32. The topological polar surface area (TPSA) is 24.5 Å². The van der Waals surface area contributed by atoms with Gasteiger partial charge in [-0.15, -0.1) is 0 Å². The molecular weight excluding hydrogens is 272 g/mol. The molecule has 20 heavy (non-hydrogen) atoms. The summed E-state index contributed by atoms with van der Waals surface area (Å²) in [6, 6.07) is 8.96. The molecule has 0 aromatic heterocycles. The zero-order chi connectivity index (χ0) is 13.9. The van der Waals surface area contributed by atoms with Gasteiger partial charge in [-0.2, -0.15) is 0 Å². The first-order valence-corrected chi connectivity index (χ1v) is 7.95. The summed E-state index contributed by atoms with van der Waals surface area (Å²) < 4.78 is 5.97. The van der Waals surface area contributed by atoms with E-state index in [1.165, 1.54) is 19.4 Å². The third-order valence-electron chi connectivity index (χ3n) is 4.48. The van der Waals surface area contributed by atoms with Crippen LogP contribution < -0.4 is 5.32 Å². The molecule has 110 valence electrons. The Morgan fingerprint density at radius 1 is 1.45 bits per heavy atom. The number of nitrogens with zero attached hydrogens (tertiary/aromatic N) is 1. The Hall–Kier alpha value is -0.610. The van der Waals surface area contributed by atoms with E-state index in [2.05, 4.69) is 23.2 Å². The summed E-state index contributed by atoms with van der Waals surface area (Å²) in [5, 5.41) is 4.38. The molecule has 4 heteroatoms. The molecule has 0 spiro atoms. The first-order valence-electron chi connectivity index (χ1n) is 7.57. The van der Waals surface area contributed by atoms with Crippen molar-refractivity contribution in [3.63, 3.8) is 0 Å². The van der Waals surface area contributed by atoms with Gasteiger partial charge in [-0.3, -0.25) is 4.90 Å². The Bertz CT molecular complexity index is 454. The van der Waals surface area contributed by atoms with Gasteiger partial charge in [-0.1, -0.05) is 29.8 Å². The van der Waals surface area contributed by atoms with Crippen molar-refractivity contribution in [2.24, 2.45) is 0 Å². The maximum atomic E-state index is 6.23. The summed E-state index contributed by atoms with van der Waals surface area (Å²) in [5.74, 6) is 0. The number of fused-ring (bicyclic) bond motifs is 1. The molecule has 0 bridgehead atoms. The summed E-state index contributed by atoms with van der Waals surface area (Å²) in [4.78, 5) is 2.58. The van der Waals surface area contributed by atoms with Gasteiger partial charge in [0.1, 0.15) is 0 Å². The van der Waals surface area contributed by atoms with Crippen LogP contribution in [0.3, 0.4) is 0 Å². The van der Waals surface area contributed by atoms with Gasteiger partial charge in [-0.05, 0) is 37.9 Å². The minimum absolute atomic E-state index is 0.253. The van der Waals surface area contributed by atoms with Crippen molar-refractivity contribution in [3.05, 3.63) is 34.9 Å². The number of halogens is 1. The summed E-state index contributed by atoms with van der Waals surface area (Å²) in [6.07, 6.45) is 2.93. The second-order valence-corrected chi connectivity index (χ2v) is 6.30. The van der Waals surface area contributed by atoms with E-state index in [9.17, 15) is 0 Å². The second-order valence-electron chi connectivity index (χ2n) is 5.90. The largest absolute Gasteiger partial charge is 0.374 e. The highest BCUT2D eigenvalue weighted by atomic mass is 35.5. The summed E-state index contributed by atoms with van der Waals surface area (Å²) in [7, 11) is 0. The van der Waals surface area contributed by atoms with Gasteiger partial charge in [0.25, 0.3) is 0 Å². The normalized spacial score (nSPS) is 28.3. The lowest BCUT2D eigenvalue weighted by molar-refractivity contribution is -0.0477. The molecule has 2 aliphatic rings. The first-order chi connectivity index (χ1) is 9.74. The van der Waals surface area contributed by atoms with Crippen molar-refractivity contribution in [2.45, 2.75) is 38.0 Å². The van der Waals surface area contributed by atoms with Crippen LogP contribution in [0, 0.1) is 0 Å². The van der Waals surface area contributed by atoms with Crippen LogP contribution in [0.1, 0.15) is 31.4 Å². The molecule has 1 aromatic rings. The zero-order valence-electron chi connectivity index (χ0n) is 12.0.